The highest BCUT2D eigenvalue weighted by Gasteiger charge is 2.20. The standard InChI is InChI=1S/C13H17ClO3/c1-3-4-8-12(13(15)16-2)17-11-7-5-6-10(14)9-11/h5-7,9,12H,3-4,8H2,1-2H3. The van der Waals surface area contributed by atoms with Crippen molar-refractivity contribution >= 4 is 17.6 Å². The summed E-state index contributed by atoms with van der Waals surface area (Å²) < 4.78 is 10.3. The van der Waals surface area contributed by atoms with E-state index in [4.69, 9.17) is 21.1 Å². The molecule has 0 radical (unpaired) electrons. The van der Waals surface area contributed by atoms with Crippen LogP contribution >= 0.6 is 11.6 Å². The van der Waals surface area contributed by atoms with Gasteiger partial charge in [0.2, 0.25) is 0 Å². The zero-order valence-electron chi connectivity index (χ0n) is 10.1. The molecule has 0 aliphatic heterocycles. The molecule has 0 bridgehead atoms. The summed E-state index contributed by atoms with van der Waals surface area (Å²) in [6.07, 6.45) is 2.01. The Balaban J connectivity index is 2.68. The van der Waals surface area contributed by atoms with Crippen LogP contribution in [0.2, 0.25) is 5.02 Å². The Morgan fingerprint density at radius 2 is 2.24 bits per heavy atom. The van der Waals surface area contributed by atoms with E-state index in [0.29, 0.717) is 17.2 Å². The monoisotopic (exact) mass is 256 g/mol. The lowest BCUT2D eigenvalue weighted by molar-refractivity contribution is -0.149. The number of methoxy groups -OCH3 is 1. The van der Waals surface area contributed by atoms with Gasteiger partial charge in [0.1, 0.15) is 5.75 Å². The van der Waals surface area contributed by atoms with Crippen LogP contribution in [0.1, 0.15) is 26.2 Å². The van der Waals surface area contributed by atoms with Gasteiger partial charge in [0, 0.05) is 5.02 Å². The molecule has 17 heavy (non-hydrogen) atoms. The lowest BCUT2D eigenvalue weighted by Crippen LogP contribution is -2.28. The first-order valence-electron chi connectivity index (χ1n) is 5.67. The van der Waals surface area contributed by atoms with E-state index in [1.165, 1.54) is 7.11 Å². The Hall–Kier alpha value is -1.22. The van der Waals surface area contributed by atoms with E-state index in [1.54, 1.807) is 24.3 Å². The maximum Gasteiger partial charge on any atom is 0.347 e. The molecule has 0 fully saturated rings. The Morgan fingerprint density at radius 1 is 1.47 bits per heavy atom. The fraction of sp³-hybridized carbons (Fsp3) is 0.462. The molecule has 0 amide bonds. The number of carbonyl (C=O) groups excluding carboxylic acids is 1. The number of rotatable bonds is 6. The van der Waals surface area contributed by atoms with Crippen LogP contribution in [0.3, 0.4) is 0 Å². The first-order valence-corrected chi connectivity index (χ1v) is 6.05. The number of unbranched alkanes of at least 4 members (excludes halogenated alkanes) is 1. The summed E-state index contributed by atoms with van der Waals surface area (Å²) >= 11 is 5.85. The number of carbonyl (C=O) groups is 1. The summed E-state index contributed by atoms with van der Waals surface area (Å²) in [5.41, 5.74) is 0. The summed E-state index contributed by atoms with van der Waals surface area (Å²) in [4.78, 5) is 11.5. The largest absolute Gasteiger partial charge is 0.479 e. The van der Waals surface area contributed by atoms with Gasteiger partial charge < -0.3 is 9.47 Å². The van der Waals surface area contributed by atoms with E-state index in [9.17, 15) is 4.79 Å². The minimum atomic E-state index is -0.557. The number of esters is 1. The maximum absolute atomic E-state index is 11.5. The van der Waals surface area contributed by atoms with Crippen molar-refractivity contribution in [2.75, 3.05) is 7.11 Å². The van der Waals surface area contributed by atoms with Crippen LogP contribution in [0.15, 0.2) is 24.3 Å². The molecule has 0 heterocycles. The van der Waals surface area contributed by atoms with E-state index >= 15 is 0 Å². The summed E-state index contributed by atoms with van der Waals surface area (Å²) in [5.74, 6) is 0.238. The van der Waals surface area contributed by atoms with Gasteiger partial charge in [-0.25, -0.2) is 4.79 Å². The van der Waals surface area contributed by atoms with Crippen molar-refractivity contribution in [2.24, 2.45) is 0 Å². The van der Waals surface area contributed by atoms with Crippen molar-refractivity contribution in [3.05, 3.63) is 29.3 Å². The number of benzene rings is 1. The summed E-state index contributed by atoms with van der Waals surface area (Å²) in [7, 11) is 1.36. The van der Waals surface area contributed by atoms with Crippen molar-refractivity contribution < 1.29 is 14.3 Å². The Bertz CT molecular complexity index is 365. The van der Waals surface area contributed by atoms with Crippen LogP contribution in [0.5, 0.6) is 5.75 Å². The first kappa shape index (κ1) is 13.8. The second-order valence-corrected chi connectivity index (χ2v) is 4.17. The van der Waals surface area contributed by atoms with Gasteiger partial charge in [-0.3, -0.25) is 0 Å². The Kier molecular flexibility index (Phi) is 5.84. The SMILES string of the molecule is CCCCC(Oc1cccc(Cl)c1)C(=O)OC. The van der Waals surface area contributed by atoms with Crippen molar-refractivity contribution in [3.8, 4) is 5.75 Å². The van der Waals surface area contributed by atoms with Crippen molar-refractivity contribution in [3.63, 3.8) is 0 Å². The van der Waals surface area contributed by atoms with Crippen molar-refractivity contribution in [1.29, 1.82) is 0 Å². The molecule has 4 heteroatoms. The van der Waals surface area contributed by atoms with Gasteiger partial charge in [-0.05, 0) is 31.0 Å². The zero-order valence-corrected chi connectivity index (χ0v) is 10.9. The molecule has 1 aromatic carbocycles. The van der Waals surface area contributed by atoms with Crippen molar-refractivity contribution in [2.45, 2.75) is 32.3 Å². The van der Waals surface area contributed by atoms with E-state index in [1.807, 2.05) is 0 Å². The van der Waals surface area contributed by atoms with Crippen LogP contribution in [-0.4, -0.2) is 19.2 Å². The van der Waals surface area contributed by atoms with Gasteiger partial charge >= 0.3 is 5.97 Å². The second-order valence-electron chi connectivity index (χ2n) is 3.73. The molecule has 94 valence electrons. The van der Waals surface area contributed by atoms with Gasteiger partial charge in [0.15, 0.2) is 6.10 Å². The molecule has 0 aromatic heterocycles. The zero-order chi connectivity index (χ0) is 12.7. The third kappa shape index (κ3) is 4.65. The highest BCUT2D eigenvalue weighted by Crippen LogP contribution is 2.20. The fourth-order valence-electron chi connectivity index (χ4n) is 1.45. The highest BCUT2D eigenvalue weighted by molar-refractivity contribution is 6.30. The van der Waals surface area contributed by atoms with Crippen LogP contribution < -0.4 is 4.74 Å². The van der Waals surface area contributed by atoms with Gasteiger partial charge in [-0.1, -0.05) is 31.0 Å². The topological polar surface area (TPSA) is 35.5 Å². The Morgan fingerprint density at radius 3 is 2.82 bits per heavy atom. The lowest BCUT2D eigenvalue weighted by atomic mass is 10.1. The maximum atomic E-state index is 11.5. The van der Waals surface area contributed by atoms with E-state index in [2.05, 4.69) is 6.92 Å². The molecular formula is C13H17ClO3. The van der Waals surface area contributed by atoms with Crippen LogP contribution in [0, 0.1) is 0 Å². The summed E-state index contributed by atoms with van der Waals surface area (Å²) in [6, 6.07) is 7.00. The smallest absolute Gasteiger partial charge is 0.347 e. The summed E-state index contributed by atoms with van der Waals surface area (Å²) in [5, 5.41) is 0.585. The molecule has 0 spiro atoms. The number of halogens is 1. The molecule has 1 unspecified atom stereocenters. The van der Waals surface area contributed by atoms with E-state index in [0.717, 1.165) is 12.8 Å². The van der Waals surface area contributed by atoms with Gasteiger partial charge in [0.05, 0.1) is 7.11 Å². The molecule has 1 aromatic rings. The molecular weight excluding hydrogens is 240 g/mol. The number of ether oxygens (including phenoxy) is 2. The third-order valence-corrected chi connectivity index (χ3v) is 2.59. The molecule has 0 N–H and O–H groups in total. The molecule has 0 aliphatic rings. The molecule has 1 atom stereocenters. The molecule has 3 nitrogen and oxygen atoms in total. The predicted molar refractivity (Wildman–Crippen MR) is 67.4 cm³/mol. The second kappa shape index (κ2) is 7.17. The van der Waals surface area contributed by atoms with Crippen LogP contribution in [0.4, 0.5) is 0 Å². The fourth-order valence-corrected chi connectivity index (χ4v) is 1.63. The number of hydrogen-bond donors (Lipinski definition) is 0. The minimum Gasteiger partial charge on any atom is -0.479 e. The first-order chi connectivity index (χ1) is 8.17. The normalized spacial score (nSPS) is 11.9. The molecule has 1 rings (SSSR count). The summed E-state index contributed by atoms with van der Waals surface area (Å²) in [6.45, 7) is 2.06. The highest BCUT2D eigenvalue weighted by atomic mass is 35.5. The lowest BCUT2D eigenvalue weighted by Gasteiger charge is -2.16. The Labute approximate surface area is 107 Å². The van der Waals surface area contributed by atoms with E-state index in [-0.39, 0.29) is 5.97 Å². The van der Waals surface area contributed by atoms with Crippen LogP contribution in [0.25, 0.3) is 0 Å². The van der Waals surface area contributed by atoms with Crippen LogP contribution in [-0.2, 0) is 9.53 Å². The quantitative estimate of drug-likeness (QED) is 0.732. The van der Waals surface area contributed by atoms with Gasteiger partial charge in [-0.15, -0.1) is 0 Å². The predicted octanol–water partition coefficient (Wildman–Crippen LogP) is 3.45. The minimum absolute atomic E-state index is 0.349. The average Bonchev–Trinajstić information content (AvgIpc) is 2.33. The molecule has 0 saturated heterocycles. The van der Waals surface area contributed by atoms with Gasteiger partial charge in [-0.2, -0.15) is 0 Å². The van der Waals surface area contributed by atoms with Crippen molar-refractivity contribution in [1.82, 2.24) is 0 Å². The molecule has 0 saturated carbocycles. The van der Waals surface area contributed by atoms with E-state index < -0.39 is 6.10 Å². The molecule has 0 aliphatic carbocycles. The van der Waals surface area contributed by atoms with Gasteiger partial charge in [0.25, 0.3) is 0 Å². The third-order valence-electron chi connectivity index (χ3n) is 2.36. The average molecular weight is 257 g/mol. The number of hydrogen-bond acceptors (Lipinski definition) is 3.